The number of aromatic hydroxyl groups is 1. The van der Waals surface area contributed by atoms with E-state index < -0.39 is 46.7 Å². The summed E-state index contributed by atoms with van der Waals surface area (Å²) in [6.07, 6.45) is -3.46. The molecular formula is C29H37N6O7+. The molecule has 3 heterocycles. The number of ether oxygens (including phenoxy) is 1. The molecule has 42 heavy (non-hydrogen) atoms. The summed E-state index contributed by atoms with van der Waals surface area (Å²) in [5.41, 5.74) is 6.60. The predicted octanol–water partition coefficient (Wildman–Crippen LogP) is 0.271. The highest BCUT2D eigenvalue weighted by Crippen LogP contribution is 2.31. The number of aromatic nitrogens is 4. The van der Waals surface area contributed by atoms with E-state index in [1.54, 1.807) is 10.9 Å². The van der Waals surface area contributed by atoms with Gasteiger partial charge in [-0.15, -0.1) is 0 Å². The van der Waals surface area contributed by atoms with E-state index in [-0.39, 0.29) is 40.2 Å². The van der Waals surface area contributed by atoms with Gasteiger partial charge in [0, 0.05) is 6.54 Å². The Bertz CT molecular complexity index is 1770. The van der Waals surface area contributed by atoms with Crippen LogP contribution in [0.3, 0.4) is 0 Å². The number of benzene rings is 1. The first kappa shape index (κ1) is 29.4. The van der Waals surface area contributed by atoms with Crippen molar-refractivity contribution in [2.24, 2.45) is 0 Å². The average molecular weight is 582 g/mol. The lowest BCUT2D eigenvalue weighted by Crippen LogP contribution is -2.46. The number of hydrogen-bond acceptors (Lipinski definition) is 10. The van der Waals surface area contributed by atoms with Crippen molar-refractivity contribution in [3.8, 4) is 5.75 Å². The Kier molecular flexibility index (Phi) is 7.03. The van der Waals surface area contributed by atoms with Crippen LogP contribution in [0, 0.1) is 0 Å². The first-order valence-electron chi connectivity index (χ1n) is 13.7. The van der Waals surface area contributed by atoms with Gasteiger partial charge < -0.3 is 31.1 Å². The van der Waals surface area contributed by atoms with E-state index >= 15 is 0 Å². The maximum Gasteiger partial charge on any atom is 0.313 e. The molecule has 2 aromatic heterocycles. The molecule has 0 spiro atoms. The molecule has 1 aliphatic heterocycles. The van der Waals surface area contributed by atoms with Gasteiger partial charge in [0.25, 0.3) is 22.4 Å². The number of H-pyrrole nitrogens is 1. The molecule has 0 unspecified atom stereocenters. The second kappa shape index (κ2) is 10.0. The number of aromatic amines is 1. The number of anilines is 2. The second-order valence-corrected chi connectivity index (χ2v) is 13.0. The zero-order chi connectivity index (χ0) is 30.9. The van der Waals surface area contributed by atoms with Crippen LogP contribution in [0.1, 0.15) is 64.5 Å². The largest absolute Gasteiger partial charge is 0.502 e. The van der Waals surface area contributed by atoms with Crippen LogP contribution in [0.2, 0.25) is 0 Å². The third-order valence-electron chi connectivity index (χ3n) is 7.74. The molecule has 0 amide bonds. The van der Waals surface area contributed by atoms with Crippen molar-refractivity contribution < 1.29 is 24.6 Å². The number of nitrogens with two attached hydrogens (primary N) is 1. The Hall–Kier alpha value is -4.07. The van der Waals surface area contributed by atoms with Crippen molar-refractivity contribution in [1.29, 1.82) is 0 Å². The van der Waals surface area contributed by atoms with Crippen molar-refractivity contribution in [3.63, 3.8) is 0 Å². The summed E-state index contributed by atoms with van der Waals surface area (Å²) in [5.74, 6) is -0.823. The lowest BCUT2D eigenvalue weighted by Gasteiger charge is -2.26. The Labute approximate surface area is 240 Å². The van der Waals surface area contributed by atoms with E-state index in [0.717, 1.165) is 16.7 Å². The van der Waals surface area contributed by atoms with E-state index in [1.165, 1.54) is 4.57 Å². The number of nitrogen functional groups attached to an aromatic ring is 1. The fourth-order valence-electron chi connectivity index (χ4n) is 5.20. The van der Waals surface area contributed by atoms with E-state index in [4.69, 9.17) is 10.5 Å². The Morgan fingerprint density at radius 2 is 1.64 bits per heavy atom. The van der Waals surface area contributed by atoms with E-state index in [2.05, 4.69) is 75.0 Å². The lowest BCUT2D eigenvalue weighted by molar-refractivity contribution is -0.745. The summed E-state index contributed by atoms with van der Waals surface area (Å²) in [6.45, 7) is 13.0. The standard InChI is InChI=1S/C29H36N6O7/c1-28(2,3)14-7-13(8-15(9-14)29(4,5)6)11-34-12-35(24-18(34)25(41)33-27(30)32-24)26-23(40)19(36)16(42-26)10-31-17-20(37)22(39)21(17)38/h7-9,12,16,19,23,26,36,40H,10-11H2,1-6H3,(H4-,30,31,32,33,37,38,39,41)/p+1/t16-,19-,23-,26-/m1/s1. The second-order valence-electron chi connectivity index (χ2n) is 13.0. The molecule has 4 atom stereocenters. The molecule has 4 aromatic rings. The highest BCUT2D eigenvalue weighted by atomic mass is 16.6. The van der Waals surface area contributed by atoms with Crippen LogP contribution in [-0.4, -0.2) is 54.7 Å². The molecule has 5 rings (SSSR count). The van der Waals surface area contributed by atoms with Gasteiger partial charge in [0.05, 0.1) is 6.54 Å². The van der Waals surface area contributed by atoms with Gasteiger partial charge in [-0.2, -0.15) is 0 Å². The summed E-state index contributed by atoms with van der Waals surface area (Å²) in [4.78, 5) is 43.0. The normalized spacial score (nSPS) is 21.4. The Balaban J connectivity index is 1.53. The number of imidazole rings is 1. The topological polar surface area (TPSA) is 197 Å². The molecule has 1 aliphatic rings. The van der Waals surface area contributed by atoms with Crippen LogP contribution in [-0.2, 0) is 22.1 Å². The summed E-state index contributed by atoms with van der Waals surface area (Å²) in [7, 11) is 0. The molecule has 13 nitrogen and oxygen atoms in total. The molecule has 0 bridgehead atoms. The minimum atomic E-state index is -1.44. The van der Waals surface area contributed by atoms with Gasteiger partial charge in [-0.25, -0.2) is 4.57 Å². The monoisotopic (exact) mass is 581 g/mol. The average Bonchev–Trinajstić information content (AvgIpc) is 3.39. The number of hydrogen-bond donors (Lipinski definition) is 6. The Morgan fingerprint density at radius 3 is 2.21 bits per heavy atom. The van der Waals surface area contributed by atoms with Gasteiger partial charge in [0.2, 0.25) is 11.7 Å². The van der Waals surface area contributed by atoms with Crippen molar-refractivity contribution in [1.82, 2.24) is 14.5 Å². The number of nitrogens with zero attached hydrogens (tertiary/aromatic N) is 3. The van der Waals surface area contributed by atoms with Crippen LogP contribution in [0.5, 0.6) is 5.75 Å². The lowest BCUT2D eigenvalue weighted by atomic mass is 9.79. The summed E-state index contributed by atoms with van der Waals surface area (Å²) in [6, 6.07) is 6.41. The predicted molar refractivity (Wildman–Crippen MR) is 155 cm³/mol. The number of aliphatic hydroxyl groups is 2. The van der Waals surface area contributed by atoms with Crippen molar-refractivity contribution >= 4 is 22.8 Å². The van der Waals surface area contributed by atoms with Crippen molar-refractivity contribution in [2.75, 3.05) is 17.6 Å². The van der Waals surface area contributed by atoms with Crippen molar-refractivity contribution in [3.05, 3.63) is 72.0 Å². The molecule has 7 N–H and O–H groups in total. The van der Waals surface area contributed by atoms with Crippen LogP contribution in [0.4, 0.5) is 11.6 Å². The maximum atomic E-state index is 13.1. The summed E-state index contributed by atoms with van der Waals surface area (Å²) < 4.78 is 9.11. The summed E-state index contributed by atoms with van der Waals surface area (Å²) >= 11 is 0. The quantitative estimate of drug-likeness (QED) is 0.136. The molecule has 0 radical (unpaired) electrons. The van der Waals surface area contributed by atoms with Gasteiger partial charge in [-0.1, -0.05) is 64.7 Å². The molecule has 2 aromatic carbocycles. The van der Waals surface area contributed by atoms with Gasteiger partial charge in [-0.05, 0) is 27.5 Å². The highest BCUT2D eigenvalue weighted by Gasteiger charge is 2.47. The zero-order valence-corrected chi connectivity index (χ0v) is 24.4. The van der Waals surface area contributed by atoms with Crippen molar-refractivity contribution in [2.45, 2.75) is 83.5 Å². The summed E-state index contributed by atoms with van der Waals surface area (Å²) in [5, 5.41) is 33.9. The number of fused-ring (bicyclic) bond motifs is 1. The Morgan fingerprint density at radius 1 is 1.02 bits per heavy atom. The third kappa shape index (κ3) is 5.08. The fraction of sp³-hybridized carbons (Fsp3) is 0.483. The minimum absolute atomic E-state index is 0.118. The molecule has 0 saturated carbocycles. The number of nitrogens with one attached hydrogen (secondary N) is 2. The number of aliphatic hydroxyl groups excluding tert-OH is 2. The molecule has 0 aliphatic carbocycles. The molecular weight excluding hydrogens is 544 g/mol. The molecule has 1 fully saturated rings. The van der Waals surface area contributed by atoms with E-state index in [9.17, 15) is 29.7 Å². The number of rotatable bonds is 6. The SMILES string of the molecule is CC(C)(C)c1cc(Cn2c[n+]([C@@H]3O[C@H](CNc4c(O)c(=O)c4=O)[C@@H](O)[C@H]3O)c3nc(N)[nH]c(=O)c32)cc(C(C)(C)C)c1. The third-order valence-corrected chi connectivity index (χ3v) is 7.74. The van der Waals surface area contributed by atoms with Crippen LogP contribution < -0.4 is 32.0 Å². The minimum Gasteiger partial charge on any atom is -0.502 e. The van der Waals surface area contributed by atoms with E-state index in [0.29, 0.717) is 6.54 Å². The molecule has 224 valence electrons. The molecule has 1 saturated heterocycles. The van der Waals surface area contributed by atoms with Crippen LogP contribution in [0.15, 0.2) is 38.9 Å². The zero-order valence-electron chi connectivity index (χ0n) is 24.4. The highest BCUT2D eigenvalue weighted by molar-refractivity contribution is 5.67. The van der Waals surface area contributed by atoms with Gasteiger partial charge in [-0.3, -0.25) is 23.9 Å². The smallest absolute Gasteiger partial charge is 0.313 e. The van der Waals surface area contributed by atoms with Gasteiger partial charge in [0.1, 0.15) is 24.0 Å². The molecule has 13 heteroatoms. The first-order valence-corrected chi connectivity index (χ1v) is 13.7. The maximum absolute atomic E-state index is 13.1. The van der Waals surface area contributed by atoms with Gasteiger partial charge >= 0.3 is 5.65 Å². The van der Waals surface area contributed by atoms with Crippen LogP contribution in [0.25, 0.3) is 11.2 Å². The van der Waals surface area contributed by atoms with Crippen LogP contribution >= 0.6 is 0 Å². The van der Waals surface area contributed by atoms with E-state index in [1.807, 2.05) is 0 Å². The van der Waals surface area contributed by atoms with Gasteiger partial charge in [0.15, 0.2) is 12.1 Å². The fourth-order valence-corrected chi connectivity index (χ4v) is 5.20. The first-order chi connectivity index (χ1) is 19.5.